The lowest BCUT2D eigenvalue weighted by Gasteiger charge is -2.19. The summed E-state index contributed by atoms with van der Waals surface area (Å²) in [6, 6.07) is 39.6. The van der Waals surface area contributed by atoms with Crippen molar-refractivity contribution in [2.75, 3.05) is 0 Å². The summed E-state index contributed by atoms with van der Waals surface area (Å²) in [5, 5.41) is 23.2. The molecule has 38 heavy (non-hydrogen) atoms. The Morgan fingerprint density at radius 3 is 1.21 bits per heavy atom. The number of benzene rings is 6. The molecule has 2 N–H and O–H groups in total. The van der Waals surface area contributed by atoms with Crippen LogP contribution in [0.3, 0.4) is 0 Å². The molecule has 0 heterocycles. The highest BCUT2D eigenvalue weighted by Gasteiger charge is 2.20. The zero-order valence-electron chi connectivity index (χ0n) is 20.7. The lowest BCUT2D eigenvalue weighted by molar-refractivity contribution is 0.281. The van der Waals surface area contributed by atoms with E-state index in [1.807, 2.05) is 84.9 Å². The van der Waals surface area contributed by atoms with Crippen LogP contribution in [-0.4, -0.2) is 10.2 Å². The fourth-order valence-electron chi connectivity index (χ4n) is 4.77. The molecule has 6 rings (SSSR count). The van der Waals surface area contributed by atoms with Gasteiger partial charge in [-0.15, -0.1) is 0 Å². The lowest BCUT2D eigenvalue weighted by Crippen LogP contribution is -1.95. The average molecular weight is 499 g/mol. The summed E-state index contributed by atoms with van der Waals surface area (Å²) in [5.41, 5.74) is 3.53. The molecule has 186 valence electrons. The van der Waals surface area contributed by atoms with Crippen LogP contribution in [0.2, 0.25) is 0 Å². The molecule has 0 amide bonds. The number of aliphatic hydroxyl groups is 2. The van der Waals surface area contributed by atoms with Crippen LogP contribution in [0.1, 0.15) is 11.1 Å². The Hall–Kier alpha value is -4.64. The van der Waals surface area contributed by atoms with E-state index in [4.69, 9.17) is 9.47 Å². The maximum atomic E-state index is 9.44. The van der Waals surface area contributed by atoms with Crippen LogP contribution in [-0.2, 0) is 13.2 Å². The van der Waals surface area contributed by atoms with Gasteiger partial charge in [-0.3, -0.25) is 0 Å². The van der Waals surface area contributed by atoms with E-state index in [1.54, 1.807) is 0 Å². The molecule has 4 heteroatoms. The van der Waals surface area contributed by atoms with Crippen molar-refractivity contribution in [2.45, 2.75) is 13.2 Å². The Bertz CT molecular complexity index is 1590. The lowest BCUT2D eigenvalue weighted by atomic mass is 9.92. The Kier molecular flexibility index (Phi) is 6.49. The van der Waals surface area contributed by atoms with E-state index >= 15 is 0 Å². The van der Waals surface area contributed by atoms with E-state index in [9.17, 15) is 10.2 Å². The molecule has 0 aliphatic carbocycles. The Labute approximate surface area is 221 Å². The van der Waals surface area contributed by atoms with Gasteiger partial charge >= 0.3 is 0 Å². The van der Waals surface area contributed by atoms with Gasteiger partial charge in [0.15, 0.2) is 0 Å². The quantitative estimate of drug-likeness (QED) is 0.233. The van der Waals surface area contributed by atoms with Crippen molar-refractivity contribution in [1.29, 1.82) is 0 Å². The van der Waals surface area contributed by atoms with Crippen molar-refractivity contribution >= 4 is 21.5 Å². The van der Waals surface area contributed by atoms with Crippen LogP contribution in [0.25, 0.3) is 32.7 Å². The van der Waals surface area contributed by atoms with Crippen molar-refractivity contribution in [2.24, 2.45) is 0 Å². The molecule has 0 saturated carbocycles. The van der Waals surface area contributed by atoms with Crippen molar-refractivity contribution < 1.29 is 19.7 Å². The second-order valence-electron chi connectivity index (χ2n) is 9.13. The van der Waals surface area contributed by atoms with Crippen molar-refractivity contribution in [3.63, 3.8) is 0 Å². The summed E-state index contributed by atoms with van der Waals surface area (Å²) < 4.78 is 13.0. The minimum atomic E-state index is -0.0164. The molecule has 6 aromatic rings. The maximum absolute atomic E-state index is 9.44. The second kappa shape index (κ2) is 10.4. The molecule has 0 saturated heterocycles. The average Bonchev–Trinajstić information content (AvgIpc) is 2.98. The highest BCUT2D eigenvalue weighted by atomic mass is 16.5. The third-order valence-electron chi connectivity index (χ3n) is 6.70. The summed E-state index contributed by atoms with van der Waals surface area (Å²) in [6.07, 6.45) is 0. The van der Waals surface area contributed by atoms with E-state index in [-0.39, 0.29) is 13.2 Å². The minimum Gasteiger partial charge on any atom is -0.457 e. The zero-order valence-corrected chi connectivity index (χ0v) is 20.7. The maximum Gasteiger partial charge on any atom is 0.136 e. The van der Waals surface area contributed by atoms with Gasteiger partial charge in [-0.05, 0) is 69.1 Å². The first-order valence-electron chi connectivity index (χ1n) is 12.5. The van der Waals surface area contributed by atoms with Crippen LogP contribution >= 0.6 is 0 Å². The summed E-state index contributed by atoms with van der Waals surface area (Å²) in [5.74, 6) is 2.77. The first kappa shape index (κ1) is 23.7. The molecule has 0 aliphatic heterocycles. The van der Waals surface area contributed by atoms with E-state index in [0.29, 0.717) is 23.0 Å². The number of hydrogen-bond acceptors (Lipinski definition) is 4. The smallest absolute Gasteiger partial charge is 0.136 e. The summed E-state index contributed by atoms with van der Waals surface area (Å²) in [7, 11) is 0. The van der Waals surface area contributed by atoms with Crippen molar-refractivity contribution in [3.8, 4) is 34.1 Å². The molecule has 0 radical (unpaired) electrons. The van der Waals surface area contributed by atoms with E-state index in [1.165, 1.54) is 0 Å². The van der Waals surface area contributed by atoms with Crippen molar-refractivity contribution in [3.05, 3.63) is 132 Å². The summed E-state index contributed by atoms with van der Waals surface area (Å²) in [4.78, 5) is 0. The molecule has 0 atom stereocenters. The van der Waals surface area contributed by atoms with Gasteiger partial charge in [-0.1, -0.05) is 84.9 Å². The van der Waals surface area contributed by atoms with Gasteiger partial charge in [0.05, 0.1) is 13.2 Å². The van der Waals surface area contributed by atoms with Crippen LogP contribution in [0.4, 0.5) is 0 Å². The van der Waals surface area contributed by atoms with E-state index in [0.717, 1.165) is 43.8 Å². The SMILES string of the molecule is OCc1ccc(Oc2ccc3ccccc3c2-c2c(Oc3ccc(CO)cc3)ccc3ccccc23)cc1. The second-order valence-corrected chi connectivity index (χ2v) is 9.13. The third-order valence-corrected chi connectivity index (χ3v) is 6.70. The third kappa shape index (κ3) is 4.59. The molecule has 6 aromatic carbocycles. The largest absolute Gasteiger partial charge is 0.457 e. The first-order valence-corrected chi connectivity index (χ1v) is 12.5. The fraction of sp³-hybridized carbons (Fsp3) is 0.0588. The van der Waals surface area contributed by atoms with Crippen molar-refractivity contribution in [1.82, 2.24) is 0 Å². The molecule has 0 fully saturated rings. The molecule has 4 nitrogen and oxygen atoms in total. The van der Waals surface area contributed by atoms with Gasteiger partial charge in [-0.2, -0.15) is 0 Å². The summed E-state index contributed by atoms with van der Waals surface area (Å²) >= 11 is 0. The van der Waals surface area contributed by atoms with Gasteiger partial charge in [0.2, 0.25) is 0 Å². The summed E-state index contributed by atoms with van der Waals surface area (Å²) in [6.45, 7) is -0.0328. The molecule has 0 aliphatic rings. The Balaban J connectivity index is 1.58. The number of rotatable bonds is 7. The molecular weight excluding hydrogens is 472 g/mol. The molecule has 0 bridgehead atoms. The minimum absolute atomic E-state index is 0.0164. The predicted molar refractivity (Wildman–Crippen MR) is 152 cm³/mol. The fourth-order valence-corrected chi connectivity index (χ4v) is 4.77. The monoisotopic (exact) mass is 498 g/mol. The highest BCUT2D eigenvalue weighted by Crippen LogP contribution is 2.47. The van der Waals surface area contributed by atoms with E-state index in [2.05, 4.69) is 36.4 Å². The molecule has 0 aromatic heterocycles. The zero-order chi connectivity index (χ0) is 25.9. The number of fused-ring (bicyclic) bond motifs is 2. The van der Waals surface area contributed by atoms with Gasteiger partial charge < -0.3 is 19.7 Å². The Morgan fingerprint density at radius 2 is 0.816 bits per heavy atom. The molecule has 0 spiro atoms. The van der Waals surface area contributed by atoms with Crippen LogP contribution in [0.5, 0.6) is 23.0 Å². The van der Waals surface area contributed by atoms with Crippen LogP contribution < -0.4 is 9.47 Å². The number of ether oxygens (including phenoxy) is 2. The number of aliphatic hydroxyl groups excluding tert-OH is 2. The van der Waals surface area contributed by atoms with Gasteiger partial charge in [-0.25, -0.2) is 0 Å². The van der Waals surface area contributed by atoms with Gasteiger partial charge in [0.25, 0.3) is 0 Å². The molecule has 0 unspecified atom stereocenters. The normalized spacial score (nSPS) is 11.1. The van der Waals surface area contributed by atoms with Crippen LogP contribution in [0, 0.1) is 0 Å². The van der Waals surface area contributed by atoms with Gasteiger partial charge in [0, 0.05) is 11.1 Å². The van der Waals surface area contributed by atoms with Crippen LogP contribution in [0.15, 0.2) is 121 Å². The predicted octanol–water partition coefficient (Wildman–Crippen LogP) is 8.23. The first-order chi connectivity index (χ1) is 18.7. The standard InChI is InChI=1S/C34H26O4/c35-21-23-9-15-27(16-10-23)37-31-19-13-25-5-1-3-7-29(25)33(31)34-30-8-4-2-6-26(30)14-20-32(34)38-28-17-11-24(22-36)12-18-28/h1-20,35-36H,21-22H2. The number of hydrogen-bond donors (Lipinski definition) is 2. The topological polar surface area (TPSA) is 58.9 Å². The molecular formula is C34H26O4. The van der Waals surface area contributed by atoms with E-state index < -0.39 is 0 Å². The highest BCUT2D eigenvalue weighted by molar-refractivity contribution is 6.09. The Morgan fingerprint density at radius 1 is 0.421 bits per heavy atom. The van der Waals surface area contributed by atoms with Gasteiger partial charge in [0.1, 0.15) is 23.0 Å².